The van der Waals surface area contributed by atoms with E-state index in [1.54, 1.807) is 33.3 Å². The number of rotatable bonds is 7. The van der Waals surface area contributed by atoms with Gasteiger partial charge in [-0.15, -0.1) is 0 Å². The third-order valence-electron chi connectivity index (χ3n) is 3.22. The smallest absolute Gasteiger partial charge is 0.317 e. The zero-order valence-electron chi connectivity index (χ0n) is 14.2. The van der Waals surface area contributed by atoms with Crippen molar-refractivity contribution in [3.05, 3.63) is 17.7 Å². The second-order valence-electron chi connectivity index (χ2n) is 5.31. The number of benzene rings is 1. The summed E-state index contributed by atoms with van der Waals surface area (Å²) in [4.78, 5) is 13.5. The number of hydrogen-bond acceptors (Lipinski definition) is 4. The summed E-state index contributed by atoms with van der Waals surface area (Å²) in [5.41, 5.74) is 1.01. The van der Waals surface area contributed by atoms with Crippen molar-refractivity contribution < 1.29 is 19.0 Å². The summed E-state index contributed by atoms with van der Waals surface area (Å²) in [5, 5.41) is 2.86. The number of likely N-dealkylation sites (N-methyl/N-ethyl adjacent to an activating group) is 1. The average molecular weight is 310 g/mol. The molecule has 124 valence electrons. The third kappa shape index (κ3) is 4.72. The van der Waals surface area contributed by atoms with E-state index in [1.807, 2.05) is 26.0 Å². The Balaban J connectivity index is 2.79. The number of ether oxygens (including phenoxy) is 3. The second kappa shape index (κ2) is 8.36. The van der Waals surface area contributed by atoms with Crippen LogP contribution in [0.3, 0.4) is 0 Å². The maximum absolute atomic E-state index is 11.9. The molecule has 6 nitrogen and oxygen atoms in total. The summed E-state index contributed by atoms with van der Waals surface area (Å²) in [5.74, 6) is 1.80. The molecular formula is C16H26N2O4. The molecule has 0 unspecified atom stereocenters. The first-order valence-electron chi connectivity index (χ1n) is 7.23. The Morgan fingerprint density at radius 3 is 2.09 bits per heavy atom. The average Bonchev–Trinajstić information content (AvgIpc) is 2.50. The van der Waals surface area contributed by atoms with Gasteiger partial charge in [-0.05, 0) is 38.0 Å². The van der Waals surface area contributed by atoms with Crippen LogP contribution in [-0.2, 0) is 6.42 Å². The zero-order chi connectivity index (χ0) is 16.7. The van der Waals surface area contributed by atoms with Gasteiger partial charge in [0, 0.05) is 19.6 Å². The molecule has 1 N–H and O–H groups in total. The first-order chi connectivity index (χ1) is 10.4. The number of nitrogens with zero attached hydrogens (tertiary/aromatic N) is 1. The van der Waals surface area contributed by atoms with Gasteiger partial charge in [-0.3, -0.25) is 0 Å². The van der Waals surface area contributed by atoms with Gasteiger partial charge < -0.3 is 24.4 Å². The van der Waals surface area contributed by atoms with Crippen molar-refractivity contribution in [3.63, 3.8) is 0 Å². The summed E-state index contributed by atoms with van der Waals surface area (Å²) in [7, 11) is 6.52. The zero-order valence-corrected chi connectivity index (χ0v) is 14.2. The van der Waals surface area contributed by atoms with Crippen LogP contribution in [0, 0.1) is 0 Å². The Morgan fingerprint density at radius 2 is 1.68 bits per heavy atom. The van der Waals surface area contributed by atoms with Gasteiger partial charge in [0.05, 0.1) is 21.3 Å². The van der Waals surface area contributed by atoms with Crippen LogP contribution in [0.25, 0.3) is 0 Å². The molecule has 0 aliphatic carbocycles. The van der Waals surface area contributed by atoms with Crippen molar-refractivity contribution in [2.24, 2.45) is 0 Å². The molecule has 1 aromatic rings. The fourth-order valence-electron chi connectivity index (χ4n) is 2.04. The molecule has 0 spiro atoms. The molecule has 1 aromatic carbocycles. The van der Waals surface area contributed by atoms with E-state index < -0.39 is 0 Å². The van der Waals surface area contributed by atoms with Gasteiger partial charge >= 0.3 is 6.03 Å². The standard InChI is InChI=1S/C16H26N2O4/c1-11(2)17-16(19)18(3)8-7-12-9-13(20-4)15(22-6)14(10-12)21-5/h9-11H,7-8H2,1-6H3,(H,17,19). The SMILES string of the molecule is COc1cc(CCN(C)C(=O)NC(C)C)cc(OC)c1OC. The largest absolute Gasteiger partial charge is 0.493 e. The fraction of sp³-hybridized carbons (Fsp3) is 0.562. The molecule has 0 heterocycles. The van der Waals surface area contributed by atoms with Crippen molar-refractivity contribution >= 4 is 6.03 Å². The summed E-state index contributed by atoms with van der Waals surface area (Å²) in [6.07, 6.45) is 0.693. The number of carbonyl (C=O) groups is 1. The Bertz CT molecular complexity index is 478. The Kier molecular flexibility index (Phi) is 6.82. The number of urea groups is 1. The monoisotopic (exact) mass is 310 g/mol. The van der Waals surface area contributed by atoms with Gasteiger partial charge in [0.25, 0.3) is 0 Å². The van der Waals surface area contributed by atoms with Crippen molar-refractivity contribution in [2.75, 3.05) is 34.9 Å². The highest BCUT2D eigenvalue weighted by atomic mass is 16.5. The van der Waals surface area contributed by atoms with Crippen LogP contribution in [0.15, 0.2) is 12.1 Å². The van der Waals surface area contributed by atoms with E-state index in [-0.39, 0.29) is 12.1 Å². The van der Waals surface area contributed by atoms with Crippen molar-refractivity contribution in [3.8, 4) is 17.2 Å². The molecule has 0 saturated heterocycles. The summed E-state index contributed by atoms with van der Waals surface area (Å²) in [6, 6.07) is 3.84. The van der Waals surface area contributed by atoms with Gasteiger partial charge in [-0.2, -0.15) is 0 Å². The van der Waals surface area contributed by atoms with E-state index >= 15 is 0 Å². The van der Waals surface area contributed by atoms with E-state index in [1.165, 1.54) is 0 Å². The van der Waals surface area contributed by atoms with Gasteiger partial charge in [0.15, 0.2) is 11.5 Å². The second-order valence-corrected chi connectivity index (χ2v) is 5.31. The van der Waals surface area contributed by atoms with E-state index in [0.29, 0.717) is 30.2 Å². The molecule has 0 atom stereocenters. The van der Waals surface area contributed by atoms with Gasteiger partial charge in [0.1, 0.15) is 0 Å². The number of hydrogen-bond donors (Lipinski definition) is 1. The van der Waals surface area contributed by atoms with Crippen LogP contribution >= 0.6 is 0 Å². The minimum atomic E-state index is -0.0811. The normalized spacial score (nSPS) is 10.3. The molecule has 0 bridgehead atoms. The lowest BCUT2D eigenvalue weighted by atomic mass is 10.1. The first-order valence-corrected chi connectivity index (χ1v) is 7.23. The minimum absolute atomic E-state index is 0.0811. The van der Waals surface area contributed by atoms with Gasteiger partial charge in [0.2, 0.25) is 5.75 Å². The van der Waals surface area contributed by atoms with E-state index in [0.717, 1.165) is 5.56 Å². The topological polar surface area (TPSA) is 60.0 Å². The molecule has 0 aliphatic heterocycles. The van der Waals surface area contributed by atoms with Crippen molar-refractivity contribution in [1.29, 1.82) is 0 Å². The highest BCUT2D eigenvalue weighted by Gasteiger charge is 2.14. The van der Waals surface area contributed by atoms with Crippen LogP contribution in [0.4, 0.5) is 4.79 Å². The van der Waals surface area contributed by atoms with Crippen LogP contribution in [0.2, 0.25) is 0 Å². The minimum Gasteiger partial charge on any atom is -0.493 e. The number of amides is 2. The Hall–Kier alpha value is -2.11. The molecule has 2 amide bonds. The van der Waals surface area contributed by atoms with Crippen molar-refractivity contribution in [1.82, 2.24) is 10.2 Å². The highest BCUT2D eigenvalue weighted by molar-refractivity contribution is 5.74. The molecule has 0 saturated carbocycles. The van der Waals surface area contributed by atoms with Crippen molar-refractivity contribution in [2.45, 2.75) is 26.3 Å². The number of carbonyl (C=O) groups excluding carboxylic acids is 1. The summed E-state index contributed by atoms with van der Waals surface area (Å²) < 4.78 is 16.0. The van der Waals surface area contributed by atoms with Gasteiger partial charge in [-0.1, -0.05) is 0 Å². The third-order valence-corrected chi connectivity index (χ3v) is 3.22. The highest BCUT2D eigenvalue weighted by Crippen LogP contribution is 2.38. The van der Waals surface area contributed by atoms with Crippen LogP contribution in [0.1, 0.15) is 19.4 Å². The Morgan fingerprint density at radius 1 is 1.14 bits per heavy atom. The molecule has 22 heavy (non-hydrogen) atoms. The summed E-state index contributed by atoms with van der Waals surface area (Å²) >= 11 is 0. The lowest BCUT2D eigenvalue weighted by molar-refractivity contribution is 0.206. The molecule has 1 rings (SSSR count). The first kappa shape index (κ1) is 17.9. The lowest BCUT2D eigenvalue weighted by Crippen LogP contribution is -2.41. The number of methoxy groups -OCH3 is 3. The predicted molar refractivity (Wildman–Crippen MR) is 86.1 cm³/mol. The van der Waals surface area contributed by atoms with Crippen LogP contribution in [-0.4, -0.2) is 51.9 Å². The summed E-state index contributed by atoms with van der Waals surface area (Å²) in [6.45, 7) is 4.47. The lowest BCUT2D eigenvalue weighted by Gasteiger charge is -2.20. The fourth-order valence-corrected chi connectivity index (χ4v) is 2.04. The predicted octanol–water partition coefficient (Wildman–Crippen LogP) is 2.30. The number of nitrogens with one attached hydrogen (secondary N) is 1. The maximum atomic E-state index is 11.9. The maximum Gasteiger partial charge on any atom is 0.317 e. The molecule has 0 aliphatic rings. The molecule has 0 radical (unpaired) electrons. The van der Waals surface area contributed by atoms with E-state index in [9.17, 15) is 4.79 Å². The molecule has 0 fully saturated rings. The molecule has 0 aromatic heterocycles. The van der Waals surface area contributed by atoms with E-state index in [2.05, 4.69) is 5.32 Å². The van der Waals surface area contributed by atoms with Gasteiger partial charge in [-0.25, -0.2) is 4.79 Å². The Labute approximate surface area is 132 Å². The van der Waals surface area contributed by atoms with Crippen LogP contribution in [0.5, 0.6) is 17.2 Å². The van der Waals surface area contributed by atoms with Crippen LogP contribution < -0.4 is 19.5 Å². The quantitative estimate of drug-likeness (QED) is 0.839. The van der Waals surface area contributed by atoms with E-state index in [4.69, 9.17) is 14.2 Å². The molecule has 6 heteroatoms. The molecular weight excluding hydrogens is 284 g/mol.